The van der Waals surface area contributed by atoms with Crippen molar-refractivity contribution in [1.29, 1.82) is 0 Å². The van der Waals surface area contributed by atoms with Crippen LogP contribution >= 0.6 is 0 Å². The van der Waals surface area contributed by atoms with Gasteiger partial charge in [0.2, 0.25) is 5.96 Å². The van der Waals surface area contributed by atoms with E-state index < -0.39 is 23.4 Å². The number of aliphatic hydroxyl groups excluding tert-OH is 1. The van der Waals surface area contributed by atoms with Crippen LogP contribution in [-0.4, -0.2) is 73.9 Å². The van der Waals surface area contributed by atoms with E-state index in [4.69, 9.17) is 19.3 Å². The monoisotopic (exact) mass is 390 g/mol. The third kappa shape index (κ3) is 17.3. The van der Waals surface area contributed by atoms with Crippen LogP contribution in [0.2, 0.25) is 0 Å². The minimum atomic E-state index is -0.734. The second kappa shape index (κ2) is 12.5. The molecule has 10 nitrogen and oxygen atoms in total. The van der Waals surface area contributed by atoms with E-state index in [2.05, 4.69) is 20.9 Å². The number of carbonyl (C=O) groups excluding carboxylic acids is 2. The highest BCUT2D eigenvalue weighted by Gasteiger charge is 2.21. The van der Waals surface area contributed by atoms with Crippen molar-refractivity contribution in [2.24, 2.45) is 4.99 Å². The molecule has 0 atom stereocenters. The van der Waals surface area contributed by atoms with Crippen molar-refractivity contribution in [2.45, 2.75) is 52.7 Å². The third-order valence-corrected chi connectivity index (χ3v) is 2.46. The molecule has 0 aliphatic rings. The molecule has 0 saturated heterocycles. The second-order valence-electron chi connectivity index (χ2n) is 7.57. The minimum Gasteiger partial charge on any atom is -0.444 e. The van der Waals surface area contributed by atoms with Gasteiger partial charge in [-0.05, 0) is 41.5 Å². The molecule has 0 rings (SSSR count). The molecule has 0 aromatic rings. The minimum absolute atomic E-state index is 0.0136. The Bertz CT molecular complexity index is 451. The lowest BCUT2D eigenvalue weighted by molar-refractivity contribution is 0.0545. The van der Waals surface area contributed by atoms with Crippen molar-refractivity contribution in [3.8, 4) is 0 Å². The Morgan fingerprint density at radius 3 is 1.85 bits per heavy atom. The van der Waals surface area contributed by atoms with Gasteiger partial charge < -0.3 is 24.6 Å². The molecule has 0 heterocycles. The average molecular weight is 390 g/mol. The number of nitrogens with zero attached hydrogens (tertiary/aromatic N) is 1. The van der Waals surface area contributed by atoms with Crippen molar-refractivity contribution in [3.63, 3.8) is 0 Å². The molecule has 4 N–H and O–H groups in total. The smallest absolute Gasteiger partial charge is 0.414 e. The molecule has 27 heavy (non-hydrogen) atoms. The molecule has 0 aliphatic heterocycles. The number of aliphatic hydroxyl groups is 1. The summed E-state index contributed by atoms with van der Waals surface area (Å²) >= 11 is 0. The van der Waals surface area contributed by atoms with Crippen LogP contribution in [0, 0.1) is 0 Å². The number of rotatable bonds is 8. The van der Waals surface area contributed by atoms with Crippen LogP contribution in [0.25, 0.3) is 0 Å². The Morgan fingerprint density at radius 2 is 1.41 bits per heavy atom. The summed E-state index contributed by atoms with van der Waals surface area (Å²) in [7, 11) is 0. The van der Waals surface area contributed by atoms with Gasteiger partial charge in [0.25, 0.3) is 0 Å². The van der Waals surface area contributed by atoms with E-state index in [-0.39, 0.29) is 12.6 Å². The van der Waals surface area contributed by atoms with E-state index >= 15 is 0 Å². The number of guanidine groups is 1. The van der Waals surface area contributed by atoms with E-state index in [9.17, 15) is 9.59 Å². The maximum Gasteiger partial charge on any atom is 0.414 e. The van der Waals surface area contributed by atoms with Gasteiger partial charge >= 0.3 is 12.2 Å². The Labute approximate surface area is 161 Å². The van der Waals surface area contributed by atoms with Crippen LogP contribution in [0.15, 0.2) is 4.99 Å². The lowest BCUT2D eigenvalue weighted by Crippen LogP contribution is -2.47. The Morgan fingerprint density at radius 1 is 0.889 bits per heavy atom. The number of hydrogen-bond acceptors (Lipinski definition) is 8. The summed E-state index contributed by atoms with van der Waals surface area (Å²) in [5.41, 5.74) is -1.37. The molecule has 0 spiro atoms. The normalized spacial score (nSPS) is 11.5. The van der Waals surface area contributed by atoms with E-state index in [0.717, 1.165) is 0 Å². The van der Waals surface area contributed by atoms with Gasteiger partial charge in [-0.1, -0.05) is 0 Å². The van der Waals surface area contributed by atoms with Crippen molar-refractivity contribution in [3.05, 3.63) is 0 Å². The maximum atomic E-state index is 11.9. The third-order valence-electron chi connectivity index (χ3n) is 2.46. The van der Waals surface area contributed by atoms with Gasteiger partial charge in [-0.15, -0.1) is 0 Å². The van der Waals surface area contributed by atoms with Gasteiger partial charge in [0.15, 0.2) is 0 Å². The Hall–Kier alpha value is -1.91. The summed E-state index contributed by atoms with van der Waals surface area (Å²) in [5, 5.41) is 16.5. The van der Waals surface area contributed by atoms with Crippen LogP contribution in [-0.2, 0) is 14.2 Å². The molecule has 0 saturated carbocycles. The Balaban J connectivity index is 4.58. The highest BCUT2D eigenvalue weighted by molar-refractivity contribution is 6.01. The largest absolute Gasteiger partial charge is 0.444 e. The van der Waals surface area contributed by atoms with Gasteiger partial charge in [0.05, 0.1) is 26.4 Å². The lowest BCUT2D eigenvalue weighted by atomic mass is 10.2. The number of nitrogens with one attached hydrogen (secondary N) is 3. The first-order chi connectivity index (χ1) is 12.4. The molecule has 0 aromatic carbocycles. The summed E-state index contributed by atoms with van der Waals surface area (Å²) < 4.78 is 15.4. The Kier molecular flexibility index (Phi) is 11.6. The first-order valence-electron chi connectivity index (χ1n) is 8.87. The number of ether oxygens (including phenoxy) is 3. The molecule has 0 fully saturated rings. The maximum absolute atomic E-state index is 11.9. The summed E-state index contributed by atoms with van der Waals surface area (Å²) in [6, 6.07) is 0. The zero-order valence-electron chi connectivity index (χ0n) is 17.2. The van der Waals surface area contributed by atoms with Gasteiger partial charge in [0, 0.05) is 13.1 Å². The molecule has 10 heteroatoms. The van der Waals surface area contributed by atoms with Gasteiger partial charge in [0.1, 0.15) is 11.2 Å². The molecule has 0 bridgehead atoms. The zero-order chi connectivity index (χ0) is 20.9. The number of aliphatic imine (C=N–C) groups is 1. The summed E-state index contributed by atoms with van der Waals surface area (Å²) in [5.74, 6) is -0.0585. The van der Waals surface area contributed by atoms with Crippen molar-refractivity contribution >= 4 is 18.1 Å². The van der Waals surface area contributed by atoms with Gasteiger partial charge in [-0.3, -0.25) is 15.6 Å². The van der Waals surface area contributed by atoms with Crippen molar-refractivity contribution < 1.29 is 28.9 Å². The SMILES string of the molecule is CC(C)(C)OC(=O)NC(=NCCNCCOCCO)NC(=O)OC(C)(C)C. The molecule has 0 unspecified atom stereocenters. The number of alkyl carbamates (subject to hydrolysis) is 2. The van der Waals surface area contributed by atoms with Crippen LogP contribution in [0.3, 0.4) is 0 Å². The summed E-state index contributed by atoms with van der Waals surface area (Å²) in [4.78, 5) is 28.0. The van der Waals surface area contributed by atoms with E-state index in [1.807, 2.05) is 0 Å². The van der Waals surface area contributed by atoms with E-state index in [0.29, 0.717) is 32.8 Å². The molecule has 2 amide bonds. The molecule has 0 aliphatic carbocycles. The van der Waals surface area contributed by atoms with Crippen LogP contribution in [0.5, 0.6) is 0 Å². The first-order valence-corrected chi connectivity index (χ1v) is 8.87. The van der Waals surface area contributed by atoms with E-state index in [1.54, 1.807) is 41.5 Å². The summed E-state index contributed by atoms with van der Waals surface area (Å²) in [6.07, 6.45) is -1.47. The fourth-order valence-corrected chi connectivity index (χ4v) is 1.59. The fourth-order valence-electron chi connectivity index (χ4n) is 1.59. The predicted octanol–water partition coefficient (Wildman–Crippen LogP) is 0.990. The summed E-state index contributed by atoms with van der Waals surface area (Å²) in [6.45, 7) is 12.5. The first kappa shape index (κ1) is 25.1. The second-order valence-corrected chi connectivity index (χ2v) is 7.57. The standard InChI is InChI=1S/C17H34N4O6/c1-16(2,3)26-14(23)20-13(21-15(24)27-17(4,5)6)19-8-7-18-9-11-25-12-10-22/h18,22H,7-12H2,1-6H3,(H2,19,20,21,23,24). The molecule has 0 aromatic heterocycles. The molecule has 0 radical (unpaired) electrons. The predicted molar refractivity (Wildman–Crippen MR) is 102 cm³/mol. The zero-order valence-corrected chi connectivity index (χ0v) is 17.2. The number of carbonyl (C=O) groups is 2. The number of amides is 2. The molecule has 158 valence electrons. The van der Waals surface area contributed by atoms with Crippen LogP contribution in [0.1, 0.15) is 41.5 Å². The van der Waals surface area contributed by atoms with Gasteiger partial charge in [-0.2, -0.15) is 0 Å². The van der Waals surface area contributed by atoms with Crippen LogP contribution in [0.4, 0.5) is 9.59 Å². The van der Waals surface area contributed by atoms with Crippen molar-refractivity contribution in [1.82, 2.24) is 16.0 Å². The topological polar surface area (TPSA) is 131 Å². The molecular weight excluding hydrogens is 356 g/mol. The lowest BCUT2D eigenvalue weighted by Gasteiger charge is -2.22. The number of hydrogen-bond donors (Lipinski definition) is 4. The van der Waals surface area contributed by atoms with E-state index in [1.165, 1.54) is 0 Å². The quantitative estimate of drug-likeness (QED) is 0.276. The average Bonchev–Trinajstić information content (AvgIpc) is 2.45. The fraction of sp³-hybridized carbons (Fsp3) is 0.824. The highest BCUT2D eigenvalue weighted by atomic mass is 16.6. The van der Waals surface area contributed by atoms with Gasteiger partial charge in [-0.25, -0.2) is 9.59 Å². The highest BCUT2D eigenvalue weighted by Crippen LogP contribution is 2.07. The molecular formula is C17H34N4O6. The van der Waals surface area contributed by atoms with Crippen LogP contribution < -0.4 is 16.0 Å². The van der Waals surface area contributed by atoms with Crippen molar-refractivity contribution in [2.75, 3.05) is 39.5 Å².